The Morgan fingerprint density at radius 1 is 1.03 bits per heavy atom. The Balaban J connectivity index is 0.000000960. The van der Waals surface area contributed by atoms with E-state index in [1.54, 1.807) is 0 Å². The van der Waals surface area contributed by atoms with Gasteiger partial charge in [0, 0.05) is 22.2 Å². The summed E-state index contributed by atoms with van der Waals surface area (Å²) in [7, 11) is -2.87. The van der Waals surface area contributed by atoms with E-state index in [4.69, 9.17) is 19.1 Å². The van der Waals surface area contributed by atoms with E-state index in [1.165, 1.54) is 30.3 Å². The second-order valence-corrected chi connectivity index (χ2v) is 7.19. The van der Waals surface area contributed by atoms with Crippen molar-refractivity contribution < 1.29 is 37.2 Å². The lowest BCUT2D eigenvalue weighted by Crippen LogP contribution is -2.26. The molecular weight excluding hydrogens is 416 g/mol. The number of nitrogens with one attached hydrogen (secondary N) is 1. The van der Waals surface area contributed by atoms with Crippen molar-refractivity contribution in [2.24, 2.45) is 0 Å². The number of rotatable bonds is 4. The molecule has 0 bridgehead atoms. The van der Waals surface area contributed by atoms with Crippen LogP contribution in [-0.2, 0) is 10.7 Å². The number of ether oxygens (including phenoxy) is 1. The van der Waals surface area contributed by atoms with E-state index >= 15 is 0 Å². The number of anilines is 1. The van der Waals surface area contributed by atoms with Crippen molar-refractivity contribution in [3.63, 3.8) is 0 Å². The number of hydrogen-bond acceptors (Lipinski definition) is 5. The minimum atomic E-state index is -4.42. The minimum Gasteiger partial charge on any atom is -0.457 e. The Bertz CT molecular complexity index is 863. The summed E-state index contributed by atoms with van der Waals surface area (Å²) < 4.78 is 51.9. The molecule has 0 aliphatic heterocycles. The molecular formula is C17H19F3N2O6P+. The average Bonchev–Trinajstić information content (AvgIpc) is 2.52. The van der Waals surface area contributed by atoms with E-state index in [2.05, 4.69) is 5.32 Å². The summed E-state index contributed by atoms with van der Waals surface area (Å²) in [6, 6.07) is 8.34. The summed E-state index contributed by atoms with van der Waals surface area (Å²) in [4.78, 5) is 24.8. The van der Waals surface area contributed by atoms with Gasteiger partial charge in [0.15, 0.2) is 0 Å². The number of nitrogens with zero attached hydrogens (tertiary/aromatic N) is 1. The van der Waals surface area contributed by atoms with Gasteiger partial charge in [0.1, 0.15) is 17.2 Å². The standard InChI is InChI=1S/C17H17F3N2O3.HO3P/c1-16(2,3)21-14-10-13(8-9-15(14)22(23)24)25-12-6-4-11(5-7-12)17(18,19)20;1-4(2)3/h4-10,21H,1-3H3;(H-,1,2,3)/p+1. The fourth-order valence-electron chi connectivity index (χ4n) is 2.09. The summed E-state index contributed by atoms with van der Waals surface area (Å²) in [6.07, 6.45) is -4.42. The lowest BCUT2D eigenvalue weighted by atomic mass is 10.1. The molecule has 29 heavy (non-hydrogen) atoms. The second kappa shape index (κ2) is 9.64. The SMILES string of the molecule is CC(C)(C)Nc1cc(Oc2ccc(C(F)(F)F)cc2)ccc1[N+](=O)[O-].O=[P+](O)O. The van der Waals surface area contributed by atoms with Gasteiger partial charge in [0.05, 0.1) is 10.5 Å². The molecule has 0 saturated carbocycles. The summed E-state index contributed by atoms with van der Waals surface area (Å²) in [5.74, 6) is 0.473. The Hall–Kier alpha value is -2.75. The first-order valence-corrected chi connectivity index (χ1v) is 9.12. The lowest BCUT2D eigenvalue weighted by Gasteiger charge is -2.22. The predicted molar refractivity (Wildman–Crippen MR) is 100 cm³/mol. The fourth-order valence-corrected chi connectivity index (χ4v) is 2.09. The third-order valence-electron chi connectivity index (χ3n) is 3.09. The van der Waals surface area contributed by atoms with Crippen molar-refractivity contribution in [2.75, 3.05) is 5.32 Å². The van der Waals surface area contributed by atoms with Crippen molar-refractivity contribution in [1.82, 2.24) is 0 Å². The minimum absolute atomic E-state index is 0.116. The van der Waals surface area contributed by atoms with Crippen molar-refractivity contribution in [2.45, 2.75) is 32.5 Å². The van der Waals surface area contributed by atoms with Crippen molar-refractivity contribution >= 4 is 19.6 Å². The quantitative estimate of drug-likeness (QED) is 0.341. The summed E-state index contributed by atoms with van der Waals surface area (Å²) in [5.41, 5.74) is -1.05. The van der Waals surface area contributed by atoms with Crippen molar-refractivity contribution in [3.8, 4) is 11.5 Å². The average molecular weight is 435 g/mol. The monoisotopic (exact) mass is 435 g/mol. The van der Waals surface area contributed by atoms with Gasteiger partial charge in [-0.2, -0.15) is 13.2 Å². The van der Waals surface area contributed by atoms with Crippen LogP contribution in [0.2, 0.25) is 0 Å². The van der Waals surface area contributed by atoms with Crippen LogP contribution in [0.4, 0.5) is 24.5 Å². The van der Waals surface area contributed by atoms with Crippen LogP contribution in [0.15, 0.2) is 42.5 Å². The number of halogens is 3. The number of alkyl halides is 3. The molecule has 12 heteroatoms. The van der Waals surface area contributed by atoms with Gasteiger partial charge in [-0.1, -0.05) is 0 Å². The molecule has 0 saturated heterocycles. The number of hydrogen-bond donors (Lipinski definition) is 3. The van der Waals surface area contributed by atoms with E-state index in [-0.39, 0.29) is 22.9 Å². The molecule has 0 spiro atoms. The van der Waals surface area contributed by atoms with Gasteiger partial charge in [-0.15, -0.1) is 9.79 Å². The largest absolute Gasteiger partial charge is 0.692 e. The van der Waals surface area contributed by atoms with Gasteiger partial charge in [-0.05, 0) is 51.1 Å². The maximum absolute atomic E-state index is 12.6. The fraction of sp³-hybridized carbons (Fsp3) is 0.294. The van der Waals surface area contributed by atoms with Crippen LogP contribution >= 0.6 is 8.25 Å². The van der Waals surface area contributed by atoms with Gasteiger partial charge < -0.3 is 10.1 Å². The van der Waals surface area contributed by atoms with Crippen molar-refractivity contribution in [3.05, 3.63) is 58.1 Å². The summed E-state index contributed by atoms with van der Waals surface area (Å²) in [6.45, 7) is 5.54. The Morgan fingerprint density at radius 3 is 1.93 bits per heavy atom. The van der Waals surface area contributed by atoms with Gasteiger partial charge in [0.25, 0.3) is 5.69 Å². The van der Waals surface area contributed by atoms with Crippen LogP contribution in [0.5, 0.6) is 11.5 Å². The molecule has 0 aliphatic rings. The zero-order chi connectivity index (χ0) is 22.4. The van der Waals surface area contributed by atoms with Crippen LogP contribution in [0.1, 0.15) is 26.3 Å². The van der Waals surface area contributed by atoms with Crippen molar-refractivity contribution in [1.29, 1.82) is 0 Å². The van der Waals surface area contributed by atoms with E-state index in [0.29, 0.717) is 0 Å². The molecule has 158 valence electrons. The van der Waals surface area contributed by atoms with Crippen LogP contribution in [0.3, 0.4) is 0 Å². The van der Waals surface area contributed by atoms with E-state index in [9.17, 15) is 23.3 Å². The maximum atomic E-state index is 12.6. The molecule has 2 aromatic rings. The smallest absolute Gasteiger partial charge is 0.457 e. The van der Waals surface area contributed by atoms with Gasteiger partial charge in [-0.25, -0.2) is 0 Å². The molecule has 0 amide bonds. The maximum Gasteiger partial charge on any atom is 0.692 e. The first-order chi connectivity index (χ1) is 13.2. The van der Waals surface area contributed by atoms with Gasteiger partial charge in [-0.3, -0.25) is 10.1 Å². The van der Waals surface area contributed by atoms with Crippen LogP contribution in [0.25, 0.3) is 0 Å². The highest BCUT2D eigenvalue weighted by atomic mass is 31.1. The first kappa shape index (κ1) is 24.3. The summed E-state index contributed by atoms with van der Waals surface area (Å²) in [5, 5.41) is 14.1. The molecule has 8 nitrogen and oxygen atoms in total. The van der Waals surface area contributed by atoms with Crippen LogP contribution in [0, 0.1) is 10.1 Å². The summed E-state index contributed by atoms with van der Waals surface area (Å²) >= 11 is 0. The molecule has 3 N–H and O–H groups in total. The van der Waals surface area contributed by atoms with E-state index in [0.717, 1.165) is 12.1 Å². The third kappa shape index (κ3) is 8.86. The predicted octanol–water partition coefficient (Wildman–Crippen LogP) is 5.24. The highest BCUT2D eigenvalue weighted by Crippen LogP contribution is 2.34. The molecule has 0 unspecified atom stereocenters. The number of nitro groups is 1. The third-order valence-corrected chi connectivity index (χ3v) is 3.09. The zero-order valence-corrected chi connectivity index (χ0v) is 16.5. The highest BCUT2D eigenvalue weighted by Gasteiger charge is 2.30. The molecule has 2 aromatic carbocycles. The van der Waals surface area contributed by atoms with Crippen LogP contribution in [-0.4, -0.2) is 20.2 Å². The van der Waals surface area contributed by atoms with Gasteiger partial charge in [0.2, 0.25) is 0 Å². The lowest BCUT2D eigenvalue weighted by molar-refractivity contribution is -0.384. The molecule has 0 fully saturated rings. The molecule has 0 heterocycles. The van der Waals surface area contributed by atoms with Gasteiger partial charge >= 0.3 is 14.4 Å². The topological polar surface area (TPSA) is 122 Å². The van der Waals surface area contributed by atoms with Crippen LogP contribution < -0.4 is 10.1 Å². The first-order valence-electron chi connectivity index (χ1n) is 7.96. The van der Waals surface area contributed by atoms with E-state index < -0.39 is 30.5 Å². The number of benzene rings is 2. The molecule has 0 radical (unpaired) electrons. The Labute approximate surface area is 165 Å². The Morgan fingerprint density at radius 2 is 1.52 bits per heavy atom. The molecule has 0 aromatic heterocycles. The normalized spacial score (nSPS) is 11.2. The highest BCUT2D eigenvalue weighted by molar-refractivity contribution is 7.30. The van der Waals surface area contributed by atoms with E-state index in [1.807, 2.05) is 20.8 Å². The zero-order valence-electron chi connectivity index (χ0n) is 15.6. The molecule has 0 aliphatic carbocycles. The number of nitro benzene ring substituents is 1. The Kier molecular flexibility index (Phi) is 8.07. The second-order valence-electron chi connectivity index (χ2n) is 6.69. The molecule has 2 rings (SSSR count). The molecule has 0 atom stereocenters.